The first-order valence-corrected chi connectivity index (χ1v) is 12.6. The third-order valence-electron chi connectivity index (χ3n) is 5.42. The van der Waals surface area contributed by atoms with Crippen molar-refractivity contribution in [3.63, 3.8) is 0 Å². The SMILES string of the molecule is CCc1ccccc1S(=O)(=O)N1CCC[C@@H](c2nnc(C(=O)Nc3cccc(F)c3)s2)C1. The van der Waals surface area contributed by atoms with Crippen LogP contribution in [0, 0.1) is 5.82 Å². The van der Waals surface area contributed by atoms with Crippen molar-refractivity contribution in [1.29, 1.82) is 0 Å². The number of nitrogens with one attached hydrogen (secondary N) is 1. The van der Waals surface area contributed by atoms with Gasteiger partial charge in [0.2, 0.25) is 15.0 Å². The van der Waals surface area contributed by atoms with Crippen LogP contribution in [0.15, 0.2) is 53.4 Å². The van der Waals surface area contributed by atoms with Crippen molar-refractivity contribution in [2.45, 2.75) is 37.0 Å². The van der Waals surface area contributed by atoms with Crippen molar-refractivity contribution < 1.29 is 17.6 Å². The summed E-state index contributed by atoms with van der Waals surface area (Å²) in [5.41, 5.74) is 1.12. The minimum Gasteiger partial charge on any atom is -0.320 e. The Labute approximate surface area is 190 Å². The summed E-state index contributed by atoms with van der Waals surface area (Å²) in [6.07, 6.45) is 2.09. The molecule has 2 heterocycles. The average molecular weight is 475 g/mol. The van der Waals surface area contributed by atoms with Crippen molar-refractivity contribution in [1.82, 2.24) is 14.5 Å². The summed E-state index contributed by atoms with van der Waals surface area (Å²) in [6.45, 7) is 2.67. The van der Waals surface area contributed by atoms with Gasteiger partial charge in [-0.2, -0.15) is 4.31 Å². The number of halogens is 1. The quantitative estimate of drug-likeness (QED) is 0.582. The smallest absolute Gasteiger partial charge is 0.286 e. The minimum atomic E-state index is -3.63. The van der Waals surface area contributed by atoms with Crippen molar-refractivity contribution in [3.8, 4) is 0 Å². The van der Waals surface area contributed by atoms with Crippen LogP contribution in [0.3, 0.4) is 0 Å². The van der Waals surface area contributed by atoms with Gasteiger partial charge in [0.05, 0.1) is 4.90 Å². The fraction of sp³-hybridized carbons (Fsp3) is 0.318. The van der Waals surface area contributed by atoms with Crippen LogP contribution in [0.25, 0.3) is 0 Å². The molecule has 3 aromatic rings. The first-order chi connectivity index (χ1) is 15.4. The molecule has 1 fully saturated rings. The lowest BCUT2D eigenvalue weighted by Crippen LogP contribution is -2.39. The van der Waals surface area contributed by atoms with Crippen molar-refractivity contribution in [2.24, 2.45) is 0 Å². The van der Waals surface area contributed by atoms with Crippen LogP contribution >= 0.6 is 11.3 Å². The number of aromatic nitrogens is 2. The van der Waals surface area contributed by atoms with Gasteiger partial charge in [0.1, 0.15) is 10.8 Å². The number of aryl methyl sites for hydroxylation is 1. The summed E-state index contributed by atoms with van der Waals surface area (Å²) in [5.74, 6) is -1.06. The van der Waals surface area contributed by atoms with E-state index in [4.69, 9.17) is 0 Å². The maximum Gasteiger partial charge on any atom is 0.286 e. The fourth-order valence-electron chi connectivity index (χ4n) is 3.79. The van der Waals surface area contributed by atoms with Gasteiger partial charge >= 0.3 is 0 Å². The van der Waals surface area contributed by atoms with E-state index in [2.05, 4.69) is 15.5 Å². The van der Waals surface area contributed by atoms with Gasteiger partial charge < -0.3 is 5.32 Å². The van der Waals surface area contributed by atoms with Crippen LogP contribution < -0.4 is 5.32 Å². The van der Waals surface area contributed by atoms with Gasteiger partial charge in [-0.05, 0) is 49.1 Å². The number of amides is 1. The van der Waals surface area contributed by atoms with Crippen LogP contribution in [0.5, 0.6) is 0 Å². The van der Waals surface area contributed by atoms with Crippen LogP contribution in [-0.4, -0.2) is 41.9 Å². The molecule has 0 bridgehead atoms. The number of anilines is 1. The molecule has 1 saturated heterocycles. The molecular weight excluding hydrogens is 451 g/mol. The molecular formula is C22H23FN4O3S2. The Kier molecular flexibility index (Phi) is 6.63. The van der Waals surface area contributed by atoms with Gasteiger partial charge in [-0.3, -0.25) is 4.79 Å². The Morgan fingerprint density at radius 2 is 2.03 bits per heavy atom. The van der Waals surface area contributed by atoms with Gasteiger partial charge in [0, 0.05) is 24.7 Å². The summed E-state index contributed by atoms with van der Waals surface area (Å²) >= 11 is 1.14. The molecule has 0 aliphatic carbocycles. The van der Waals surface area contributed by atoms with E-state index in [0.717, 1.165) is 23.3 Å². The van der Waals surface area contributed by atoms with E-state index in [-0.39, 0.29) is 10.9 Å². The first-order valence-electron chi connectivity index (χ1n) is 10.4. The fourth-order valence-corrected chi connectivity index (χ4v) is 6.47. The number of sulfonamides is 1. The average Bonchev–Trinajstić information content (AvgIpc) is 3.30. The Morgan fingerprint density at radius 1 is 1.22 bits per heavy atom. The minimum absolute atomic E-state index is 0.138. The maximum atomic E-state index is 13.3. The summed E-state index contributed by atoms with van der Waals surface area (Å²) < 4.78 is 41.4. The number of rotatable bonds is 6. The van der Waals surface area contributed by atoms with Crippen LogP contribution in [0.1, 0.15) is 46.1 Å². The normalized spacial score (nSPS) is 17.2. The molecule has 0 saturated carbocycles. The lowest BCUT2D eigenvalue weighted by Gasteiger charge is -2.31. The third kappa shape index (κ3) is 4.72. The van der Waals surface area contributed by atoms with Crippen LogP contribution in [0.4, 0.5) is 10.1 Å². The highest BCUT2D eigenvalue weighted by Gasteiger charge is 2.33. The van der Waals surface area contributed by atoms with Crippen LogP contribution in [-0.2, 0) is 16.4 Å². The van der Waals surface area contributed by atoms with Gasteiger partial charge in [0.25, 0.3) is 5.91 Å². The van der Waals surface area contributed by atoms with Crippen molar-refractivity contribution in [2.75, 3.05) is 18.4 Å². The number of carbonyl (C=O) groups is 1. The molecule has 1 amide bonds. The number of piperidine rings is 1. The molecule has 1 N–H and O–H groups in total. The largest absolute Gasteiger partial charge is 0.320 e. The predicted molar refractivity (Wildman–Crippen MR) is 121 cm³/mol. The third-order valence-corrected chi connectivity index (χ3v) is 8.47. The lowest BCUT2D eigenvalue weighted by atomic mass is 10.0. The zero-order valence-electron chi connectivity index (χ0n) is 17.5. The molecule has 0 spiro atoms. The van der Waals surface area contributed by atoms with Crippen LogP contribution in [0.2, 0.25) is 0 Å². The number of hydrogen-bond donors (Lipinski definition) is 1. The predicted octanol–water partition coefficient (Wildman–Crippen LogP) is 4.06. The van der Waals surface area contributed by atoms with E-state index in [1.165, 1.54) is 22.5 Å². The highest BCUT2D eigenvalue weighted by atomic mass is 32.2. The number of nitrogens with zero attached hydrogens (tertiary/aromatic N) is 3. The number of carbonyl (C=O) groups excluding carboxylic acids is 1. The molecule has 4 rings (SSSR count). The summed E-state index contributed by atoms with van der Waals surface area (Å²) in [5, 5.41) is 11.5. The molecule has 32 heavy (non-hydrogen) atoms. The second-order valence-electron chi connectivity index (χ2n) is 7.57. The Hall–Kier alpha value is -2.69. The van der Waals surface area contributed by atoms with E-state index < -0.39 is 21.7 Å². The second-order valence-corrected chi connectivity index (χ2v) is 10.5. The molecule has 0 radical (unpaired) electrons. The van der Waals surface area contributed by atoms with Gasteiger partial charge in [-0.15, -0.1) is 10.2 Å². The highest BCUT2D eigenvalue weighted by Crippen LogP contribution is 2.32. The summed E-state index contributed by atoms with van der Waals surface area (Å²) in [4.78, 5) is 12.8. The Morgan fingerprint density at radius 3 is 2.81 bits per heavy atom. The van der Waals surface area contributed by atoms with Gasteiger partial charge in [0.15, 0.2) is 0 Å². The molecule has 1 aliphatic rings. The Bertz CT molecular complexity index is 1230. The second kappa shape index (κ2) is 9.43. The topological polar surface area (TPSA) is 92.3 Å². The molecule has 10 heteroatoms. The van der Waals surface area contributed by atoms with Crippen molar-refractivity contribution in [3.05, 3.63) is 69.9 Å². The highest BCUT2D eigenvalue weighted by molar-refractivity contribution is 7.89. The molecule has 1 atom stereocenters. The summed E-state index contributed by atoms with van der Waals surface area (Å²) in [6, 6.07) is 12.7. The first kappa shape index (κ1) is 22.5. The molecule has 2 aromatic carbocycles. The molecule has 0 unspecified atom stereocenters. The Balaban J connectivity index is 1.49. The maximum absolute atomic E-state index is 13.3. The lowest BCUT2D eigenvalue weighted by molar-refractivity contribution is 0.102. The molecule has 168 valence electrons. The van der Waals surface area contributed by atoms with E-state index in [1.807, 2.05) is 19.1 Å². The van der Waals surface area contributed by atoms with E-state index in [1.54, 1.807) is 18.2 Å². The molecule has 7 nitrogen and oxygen atoms in total. The zero-order valence-corrected chi connectivity index (χ0v) is 19.1. The number of benzene rings is 2. The van der Waals surface area contributed by atoms with E-state index in [0.29, 0.717) is 41.5 Å². The number of hydrogen-bond acceptors (Lipinski definition) is 6. The van der Waals surface area contributed by atoms with Gasteiger partial charge in [-0.1, -0.05) is 42.5 Å². The van der Waals surface area contributed by atoms with E-state index >= 15 is 0 Å². The molecule has 1 aliphatic heterocycles. The van der Waals surface area contributed by atoms with E-state index in [9.17, 15) is 17.6 Å². The summed E-state index contributed by atoms with van der Waals surface area (Å²) in [7, 11) is -3.63. The standard InChI is InChI=1S/C22H23FN4O3S2/c1-2-15-7-3-4-11-19(15)32(29,30)27-12-6-8-16(14-27)21-25-26-22(31-21)20(28)24-18-10-5-9-17(23)13-18/h3-5,7,9-11,13,16H,2,6,8,12,14H2,1H3,(H,24,28)/t16-/m1/s1. The van der Waals surface area contributed by atoms with Crippen molar-refractivity contribution >= 4 is 33.0 Å². The van der Waals surface area contributed by atoms with Gasteiger partial charge in [-0.25, -0.2) is 12.8 Å². The molecule has 1 aromatic heterocycles. The monoisotopic (exact) mass is 474 g/mol. The zero-order chi connectivity index (χ0) is 22.7.